The maximum absolute atomic E-state index is 10.6. The fourth-order valence-corrected chi connectivity index (χ4v) is 1.01. The van der Waals surface area contributed by atoms with Crippen LogP contribution in [0.4, 0.5) is 0 Å². The van der Waals surface area contributed by atoms with Crippen molar-refractivity contribution in [3.8, 4) is 6.07 Å². The monoisotopic (exact) mass is 176 g/mol. The third kappa shape index (κ3) is 1.82. The molecule has 1 N–H and O–H groups in total. The molecule has 0 aromatic carbocycles. The first kappa shape index (κ1) is 9.20. The molecule has 0 saturated carbocycles. The van der Waals surface area contributed by atoms with E-state index >= 15 is 0 Å². The van der Waals surface area contributed by atoms with Gasteiger partial charge in [-0.2, -0.15) is 5.26 Å². The van der Waals surface area contributed by atoms with Crippen LogP contribution in [-0.2, 0) is 4.79 Å². The Morgan fingerprint density at radius 1 is 1.77 bits per heavy atom. The van der Waals surface area contributed by atoms with Crippen LogP contribution in [0.15, 0.2) is 18.5 Å². The van der Waals surface area contributed by atoms with Gasteiger partial charge in [-0.25, -0.2) is 0 Å². The number of hydrogen-bond acceptors (Lipinski definition) is 3. The zero-order chi connectivity index (χ0) is 9.84. The second kappa shape index (κ2) is 3.68. The Hall–Kier alpha value is -1.89. The molecule has 1 rings (SSSR count). The van der Waals surface area contributed by atoms with Gasteiger partial charge < -0.3 is 5.11 Å². The number of carboxylic acids is 1. The molecule has 0 aliphatic rings. The van der Waals surface area contributed by atoms with Crippen LogP contribution in [0.5, 0.6) is 0 Å². The number of rotatable bonds is 2. The zero-order valence-electron chi connectivity index (χ0n) is 7.06. The first-order valence-electron chi connectivity index (χ1n) is 3.73. The van der Waals surface area contributed by atoms with E-state index in [-0.39, 0.29) is 0 Å². The molecule has 0 amide bonds. The van der Waals surface area contributed by atoms with Gasteiger partial charge in [0.15, 0.2) is 0 Å². The van der Waals surface area contributed by atoms with Crippen molar-refractivity contribution in [2.75, 3.05) is 0 Å². The summed E-state index contributed by atoms with van der Waals surface area (Å²) in [7, 11) is 0. The minimum atomic E-state index is -0.942. The molecular formula is C9H8N2O2. The molecule has 0 radical (unpaired) electrons. The van der Waals surface area contributed by atoms with Gasteiger partial charge in [0, 0.05) is 12.4 Å². The molecule has 1 unspecified atom stereocenters. The number of carbonyl (C=O) groups is 1. The Balaban J connectivity index is 3.15. The Labute approximate surface area is 75.5 Å². The van der Waals surface area contributed by atoms with Crippen molar-refractivity contribution in [3.05, 3.63) is 29.6 Å². The average Bonchev–Trinajstić information content (AvgIpc) is 2.16. The fourth-order valence-electron chi connectivity index (χ4n) is 1.01. The van der Waals surface area contributed by atoms with E-state index in [9.17, 15) is 4.79 Å². The highest BCUT2D eigenvalue weighted by atomic mass is 16.4. The summed E-state index contributed by atoms with van der Waals surface area (Å²) in [6, 6.07) is 3.46. The lowest BCUT2D eigenvalue weighted by Crippen LogP contribution is -2.09. The summed E-state index contributed by atoms with van der Waals surface area (Å²) in [5.74, 6) is -1.61. The van der Waals surface area contributed by atoms with Crippen molar-refractivity contribution in [1.82, 2.24) is 4.98 Å². The predicted molar refractivity (Wildman–Crippen MR) is 45.0 cm³/mol. The molecule has 1 atom stereocenters. The van der Waals surface area contributed by atoms with Crippen molar-refractivity contribution < 1.29 is 9.90 Å². The second-order valence-electron chi connectivity index (χ2n) is 2.63. The smallest absolute Gasteiger partial charge is 0.310 e. The number of nitriles is 1. The Morgan fingerprint density at radius 2 is 2.46 bits per heavy atom. The largest absolute Gasteiger partial charge is 0.481 e. The van der Waals surface area contributed by atoms with E-state index in [0.29, 0.717) is 11.1 Å². The fraction of sp³-hybridized carbons (Fsp3) is 0.222. The van der Waals surface area contributed by atoms with Crippen LogP contribution in [-0.4, -0.2) is 16.1 Å². The van der Waals surface area contributed by atoms with Crippen molar-refractivity contribution in [3.63, 3.8) is 0 Å². The zero-order valence-corrected chi connectivity index (χ0v) is 7.06. The van der Waals surface area contributed by atoms with Gasteiger partial charge in [0.05, 0.1) is 11.5 Å². The van der Waals surface area contributed by atoms with Gasteiger partial charge in [0.25, 0.3) is 0 Å². The molecule has 4 nitrogen and oxygen atoms in total. The summed E-state index contributed by atoms with van der Waals surface area (Å²) in [6.07, 6.45) is 2.85. The lowest BCUT2D eigenvalue weighted by Gasteiger charge is -2.06. The SMILES string of the molecule is CC(C(=O)O)c1ccncc1C#N. The van der Waals surface area contributed by atoms with E-state index in [1.54, 1.807) is 13.0 Å². The summed E-state index contributed by atoms with van der Waals surface area (Å²) in [5, 5.41) is 17.4. The first-order valence-corrected chi connectivity index (χ1v) is 3.73. The van der Waals surface area contributed by atoms with Crippen molar-refractivity contribution in [2.24, 2.45) is 0 Å². The van der Waals surface area contributed by atoms with Crippen molar-refractivity contribution >= 4 is 5.97 Å². The summed E-state index contributed by atoms with van der Waals surface area (Å²) < 4.78 is 0. The van der Waals surface area contributed by atoms with Crippen molar-refractivity contribution in [2.45, 2.75) is 12.8 Å². The predicted octanol–water partition coefficient (Wildman–Crippen LogP) is 1.14. The highest BCUT2D eigenvalue weighted by Gasteiger charge is 2.16. The average molecular weight is 176 g/mol. The molecule has 0 aliphatic heterocycles. The molecule has 66 valence electrons. The summed E-state index contributed by atoms with van der Waals surface area (Å²) in [5.41, 5.74) is 0.822. The molecule has 1 aromatic heterocycles. The van der Waals surface area contributed by atoms with E-state index < -0.39 is 11.9 Å². The van der Waals surface area contributed by atoms with E-state index in [2.05, 4.69) is 4.98 Å². The highest BCUT2D eigenvalue weighted by Crippen LogP contribution is 2.17. The molecule has 0 fully saturated rings. The maximum atomic E-state index is 10.6. The lowest BCUT2D eigenvalue weighted by molar-refractivity contribution is -0.138. The quantitative estimate of drug-likeness (QED) is 0.733. The molecule has 0 bridgehead atoms. The third-order valence-corrected chi connectivity index (χ3v) is 1.81. The van der Waals surface area contributed by atoms with E-state index in [1.165, 1.54) is 12.4 Å². The van der Waals surface area contributed by atoms with Gasteiger partial charge in [-0.05, 0) is 18.6 Å². The second-order valence-corrected chi connectivity index (χ2v) is 2.63. The normalized spacial score (nSPS) is 11.7. The van der Waals surface area contributed by atoms with Gasteiger partial charge in [-0.1, -0.05) is 0 Å². The molecule has 0 saturated heterocycles. The summed E-state index contributed by atoms with van der Waals surface area (Å²) in [4.78, 5) is 14.4. The highest BCUT2D eigenvalue weighted by molar-refractivity contribution is 5.76. The van der Waals surface area contributed by atoms with Crippen molar-refractivity contribution in [1.29, 1.82) is 5.26 Å². The molecule has 0 spiro atoms. The van der Waals surface area contributed by atoms with E-state index in [0.717, 1.165) is 0 Å². The molecule has 1 heterocycles. The third-order valence-electron chi connectivity index (χ3n) is 1.81. The standard InChI is InChI=1S/C9H8N2O2/c1-6(9(12)13)8-2-3-11-5-7(8)4-10/h2-3,5-6H,1H3,(H,12,13). The summed E-state index contributed by atoms with van der Waals surface area (Å²) in [6.45, 7) is 1.54. The maximum Gasteiger partial charge on any atom is 0.310 e. The van der Waals surface area contributed by atoms with E-state index in [1.807, 2.05) is 6.07 Å². The van der Waals surface area contributed by atoms with Crippen LogP contribution >= 0.6 is 0 Å². The number of carboxylic acid groups (broad SMARTS) is 1. The number of aliphatic carboxylic acids is 1. The van der Waals surface area contributed by atoms with Crippen LogP contribution in [0.1, 0.15) is 24.0 Å². The van der Waals surface area contributed by atoms with Gasteiger partial charge in [0.1, 0.15) is 6.07 Å². The van der Waals surface area contributed by atoms with Crippen LogP contribution in [0, 0.1) is 11.3 Å². The Morgan fingerprint density at radius 3 is 3.00 bits per heavy atom. The molecule has 13 heavy (non-hydrogen) atoms. The van der Waals surface area contributed by atoms with Gasteiger partial charge in [-0.15, -0.1) is 0 Å². The number of hydrogen-bond donors (Lipinski definition) is 1. The topological polar surface area (TPSA) is 74.0 Å². The van der Waals surface area contributed by atoms with Crippen LogP contribution in [0.3, 0.4) is 0 Å². The lowest BCUT2D eigenvalue weighted by atomic mass is 9.98. The molecule has 4 heteroatoms. The van der Waals surface area contributed by atoms with Gasteiger partial charge in [-0.3, -0.25) is 9.78 Å². The van der Waals surface area contributed by atoms with Crippen LogP contribution in [0.25, 0.3) is 0 Å². The van der Waals surface area contributed by atoms with Crippen LogP contribution in [0.2, 0.25) is 0 Å². The number of aromatic nitrogens is 1. The number of nitrogens with zero attached hydrogens (tertiary/aromatic N) is 2. The molecule has 0 aliphatic carbocycles. The van der Waals surface area contributed by atoms with Gasteiger partial charge >= 0.3 is 5.97 Å². The Kier molecular flexibility index (Phi) is 2.60. The Bertz CT molecular complexity index is 368. The minimum absolute atomic E-state index is 0.317. The molecular weight excluding hydrogens is 168 g/mol. The number of pyridine rings is 1. The van der Waals surface area contributed by atoms with Crippen LogP contribution < -0.4 is 0 Å². The molecule has 1 aromatic rings. The van der Waals surface area contributed by atoms with Gasteiger partial charge in [0.2, 0.25) is 0 Å². The first-order chi connectivity index (χ1) is 6.16. The van der Waals surface area contributed by atoms with E-state index in [4.69, 9.17) is 10.4 Å². The minimum Gasteiger partial charge on any atom is -0.481 e. The summed E-state index contributed by atoms with van der Waals surface area (Å²) >= 11 is 0.